The molecule has 3 rings (SSSR count). The molecule has 1 fully saturated rings. The van der Waals surface area contributed by atoms with Crippen molar-refractivity contribution >= 4 is 15.9 Å². The van der Waals surface area contributed by atoms with Gasteiger partial charge in [-0.15, -0.1) is 0 Å². The number of fused-ring (bicyclic) bond motifs is 1. The molecule has 0 saturated carbocycles. The first-order valence-electron chi connectivity index (χ1n) is 7.55. The normalized spacial score (nSPS) is 23.6. The number of halogens is 1. The van der Waals surface area contributed by atoms with Crippen LogP contribution in [0.3, 0.4) is 0 Å². The summed E-state index contributed by atoms with van der Waals surface area (Å²) in [5, 5.41) is 3.61. The molecule has 0 radical (unpaired) electrons. The molecule has 2 heterocycles. The lowest BCUT2D eigenvalue weighted by atomic mass is 9.97. The van der Waals surface area contributed by atoms with Crippen molar-refractivity contribution in [1.82, 2.24) is 10.2 Å². The van der Waals surface area contributed by atoms with E-state index in [1.807, 2.05) is 6.07 Å². The number of hydrogen-bond acceptors (Lipinski definition) is 3. The van der Waals surface area contributed by atoms with Crippen molar-refractivity contribution < 1.29 is 4.74 Å². The number of benzene rings is 1. The van der Waals surface area contributed by atoms with Crippen LogP contribution in [0, 0.1) is 5.92 Å². The van der Waals surface area contributed by atoms with Crippen molar-refractivity contribution in [3.63, 3.8) is 0 Å². The molecule has 1 saturated heterocycles. The second kappa shape index (κ2) is 6.46. The summed E-state index contributed by atoms with van der Waals surface area (Å²) in [5.74, 6) is 1.89. The first-order valence-corrected chi connectivity index (χ1v) is 8.34. The second-order valence-corrected chi connectivity index (χ2v) is 7.02. The molecule has 1 aromatic rings. The van der Waals surface area contributed by atoms with Crippen LogP contribution >= 0.6 is 15.9 Å². The predicted octanol–water partition coefficient (Wildman–Crippen LogP) is 2.68. The Bertz CT molecular complexity index is 458. The molecule has 110 valence electrons. The van der Waals surface area contributed by atoms with Crippen LogP contribution in [0.4, 0.5) is 0 Å². The highest BCUT2D eigenvalue weighted by atomic mass is 79.9. The van der Waals surface area contributed by atoms with Gasteiger partial charge in [0.1, 0.15) is 11.9 Å². The molecule has 1 atom stereocenters. The maximum absolute atomic E-state index is 5.98. The summed E-state index contributed by atoms with van der Waals surface area (Å²) in [7, 11) is 2.21. The van der Waals surface area contributed by atoms with Crippen LogP contribution < -0.4 is 10.1 Å². The Balaban J connectivity index is 1.40. The smallest absolute Gasteiger partial charge is 0.123 e. The van der Waals surface area contributed by atoms with Gasteiger partial charge in [-0.1, -0.05) is 15.9 Å². The lowest BCUT2D eigenvalue weighted by Gasteiger charge is -2.29. The summed E-state index contributed by atoms with van der Waals surface area (Å²) in [4.78, 5) is 2.42. The molecular formula is C16H23BrN2O. The van der Waals surface area contributed by atoms with E-state index in [0.717, 1.165) is 35.7 Å². The SMILES string of the molecule is CN1CCC(CNCC2Cc3cc(Br)ccc3O2)CC1. The molecule has 3 nitrogen and oxygen atoms in total. The van der Waals surface area contributed by atoms with E-state index in [1.54, 1.807) is 0 Å². The Labute approximate surface area is 129 Å². The Morgan fingerprint density at radius 1 is 1.30 bits per heavy atom. The van der Waals surface area contributed by atoms with Crippen LogP contribution in [0.2, 0.25) is 0 Å². The fourth-order valence-electron chi connectivity index (χ4n) is 3.12. The molecule has 1 aromatic carbocycles. The minimum atomic E-state index is 0.297. The molecule has 0 aromatic heterocycles. The van der Waals surface area contributed by atoms with Crippen molar-refractivity contribution in [2.45, 2.75) is 25.4 Å². The Morgan fingerprint density at radius 2 is 2.10 bits per heavy atom. The number of piperidine rings is 1. The fraction of sp³-hybridized carbons (Fsp3) is 0.625. The summed E-state index contributed by atoms with van der Waals surface area (Å²) >= 11 is 3.52. The number of ether oxygens (including phenoxy) is 1. The van der Waals surface area contributed by atoms with E-state index in [0.29, 0.717) is 6.10 Å². The molecule has 0 spiro atoms. The number of nitrogens with zero attached hydrogens (tertiary/aromatic N) is 1. The summed E-state index contributed by atoms with van der Waals surface area (Å²) in [6.07, 6.45) is 3.96. The molecule has 0 bridgehead atoms. The first kappa shape index (κ1) is 14.4. The quantitative estimate of drug-likeness (QED) is 0.913. The summed E-state index contributed by atoms with van der Waals surface area (Å²) in [5.41, 5.74) is 1.32. The average molecular weight is 339 g/mol. The van der Waals surface area contributed by atoms with Gasteiger partial charge in [0.05, 0.1) is 0 Å². The third kappa shape index (κ3) is 3.54. The molecule has 1 unspecified atom stereocenters. The van der Waals surface area contributed by atoms with E-state index < -0.39 is 0 Å². The zero-order valence-electron chi connectivity index (χ0n) is 12.1. The van der Waals surface area contributed by atoms with Crippen molar-refractivity contribution in [1.29, 1.82) is 0 Å². The minimum absolute atomic E-state index is 0.297. The van der Waals surface area contributed by atoms with Crippen molar-refractivity contribution in [2.24, 2.45) is 5.92 Å². The highest BCUT2D eigenvalue weighted by molar-refractivity contribution is 9.10. The monoisotopic (exact) mass is 338 g/mol. The third-order valence-corrected chi connectivity index (χ3v) is 4.90. The fourth-order valence-corrected chi connectivity index (χ4v) is 3.53. The van der Waals surface area contributed by atoms with E-state index in [-0.39, 0.29) is 0 Å². The van der Waals surface area contributed by atoms with Gasteiger partial charge in [0.2, 0.25) is 0 Å². The van der Waals surface area contributed by atoms with Gasteiger partial charge in [-0.3, -0.25) is 0 Å². The van der Waals surface area contributed by atoms with Gasteiger partial charge in [0.15, 0.2) is 0 Å². The second-order valence-electron chi connectivity index (χ2n) is 6.10. The minimum Gasteiger partial charge on any atom is -0.488 e. The third-order valence-electron chi connectivity index (χ3n) is 4.41. The Morgan fingerprint density at radius 3 is 2.90 bits per heavy atom. The summed E-state index contributed by atoms with van der Waals surface area (Å²) in [6.45, 7) is 4.57. The Kier molecular flexibility index (Phi) is 4.64. The number of hydrogen-bond donors (Lipinski definition) is 1. The standard InChI is InChI=1S/C16H23BrN2O/c1-19-6-4-12(5-7-19)10-18-11-15-9-13-8-14(17)2-3-16(13)20-15/h2-3,8,12,15,18H,4-7,9-11H2,1H3. The van der Waals surface area contributed by atoms with Crippen molar-refractivity contribution in [2.75, 3.05) is 33.2 Å². The molecule has 20 heavy (non-hydrogen) atoms. The number of likely N-dealkylation sites (tertiary alicyclic amines) is 1. The van der Waals surface area contributed by atoms with Crippen LogP contribution in [0.15, 0.2) is 22.7 Å². The van der Waals surface area contributed by atoms with Crippen LogP contribution in [0.5, 0.6) is 5.75 Å². The molecule has 4 heteroatoms. The van der Waals surface area contributed by atoms with Gasteiger partial charge in [-0.2, -0.15) is 0 Å². The topological polar surface area (TPSA) is 24.5 Å². The molecule has 2 aliphatic rings. The van der Waals surface area contributed by atoms with E-state index in [2.05, 4.69) is 45.3 Å². The van der Waals surface area contributed by atoms with Gasteiger partial charge in [-0.05, 0) is 69.2 Å². The lowest BCUT2D eigenvalue weighted by Crippen LogP contribution is -2.38. The van der Waals surface area contributed by atoms with Gasteiger partial charge in [0, 0.05) is 17.4 Å². The maximum atomic E-state index is 5.98. The zero-order chi connectivity index (χ0) is 13.9. The maximum Gasteiger partial charge on any atom is 0.123 e. The largest absolute Gasteiger partial charge is 0.488 e. The van der Waals surface area contributed by atoms with Crippen LogP contribution in [-0.2, 0) is 6.42 Å². The molecule has 1 N–H and O–H groups in total. The summed E-state index contributed by atoms with van der Waals surface area (Å²) < 4.78 is 7.12. The lowest BCUT2D eigenvalue weighted by molar-refractivity contribution is 0.199. The van der Waals surface area contributed by atoms with Crippen molar-refractivity contribution in [3.05, 3.63) is 28.2 Å². The summed E-state index contributed by atoms with van der Waals surface area (Å²) in [6, 6.07) is 6.29. The van der Waals surface area contributed by atoms with Crippen LogP contribution in [0.25, 0.3) is 0 Å². The molecular weight excluding hydrogens is 316 g/mol. The van der Waals surface area contributed by atoms with Crippen LogP contribution in [-0.4, -0.2) is 44.2 Å². The Hall–Kier alpha value is -0.580. The zero-order valence-corrected chi connectivity index (χ0v) is 13.7. The van der Waals surface area contributed by atoms with Gasteiger partial charge >= 0.3 is 0 Å². The van der Waals surface area contributed by atoms with Gasteiger partial charge in [0.25, 0.3) is 0 Å². The van der Waals surface area contributed by atoms with Crippen LogP contribution in [0.1, 0.15) is 18.4 Å². The number of rotatable bonds is 4. The highest BCUT2D eigenvalue weighted by Gasteiger charge is 2.23. The predicted molar refractivity (Wildman–Crippen MR) is 85.4 cm³/mol. The molecule has 0 aliphatic carbocycles. The number of nitrogens with one attached hydrogen (secondary N) is 1. The average Bonchev–Trinajstić information content (AvgIpc) is 2.83. The van der Waals surface area contributed by atoms with E-state index in [4.69, 9.17) is 4.74 Å². The molecule has 0 amide bonds. The van der Waals surface area contributed by atoms with Crippen molar-refractivity contribution in [3.8, 4) is 5.75 Å². The van der Waals surface area contributed by atoms with E-state index in [9.17, 15) is 0 Å². The van der Waals surface area contributed by atoms with Gasteiger partial charge < -0.3 is 15.0 Å². The highest BCUT2D eigenvalue weighted by Crippen LogP contribution is 2.31. The van der Waals surface area contributed by atoms with Gasteiger partial charge in [-0.25, -0.2) is 0 Å². The van der Waals surface area contributed by atoms with E-state index >= 15 is 0 Å². The first-order chi connectivity index (χ1) is 9.70. The van der Waals surface area contributed by atoms with E-state index in [1.165, 1.54) is 31.5 Å². The molecule has 2 aliphatic heterocycles.